The Morgan fingerprint density at radius 3 is 2.55 bits per heavy atom. The molecule has 1 rings (SSSR count). The third-order valence-corrected chi connectivity index (χ3v) is 2.65. The topological polar surface area (TPSA) is 52.6 Å². The standard InChI is InChI=1S/C13H20F3N5.HI/c1-17-12(19-7-5-13(14,15)16)20-9-10-4-6-18-11(8-10)21(2)3;/h4,6,8H,5,7,9H2,1-3H3,(H2,17,19,20);1H. The maximum atomic E-state index is 12.1. The minimum absolute atomic E-state index is 0. The second-order valence-corrected chi connectivity index (χ2v) is 4.63. The smallest absolute Gasteiger partial charge is 0.363 e. The summed E-state index contributed by atoms with van der Waals surface area (Å²) in [5.74, 6) is 1.15. The van der Waals surface area contributed by atoms with Gasteiger partial charge >= 0.3 is 6.18 Å². The van der Waals surface area contributed by atoms with E-state index < -0.39 is 12.6 Å². The lowest BCUT2D eigenvalue weighted by atomic mass is 10.2. The van der Waals surface area contributed by atoms with Crippen LogP contribution < -0.4 is 15.5 Å². The van der Waals surface area contributed by atoms with Crippen LogP contribution >= 0.6 is 24.0 Å². The van der Waals surface area contributed by atoms with Gasteiger partial charge in [-0.2, -0.15) is 13.2 Å². The zero-order chi connectivity index (χ0) is 15.9. The fourth-order valence-corrected chi connectivity index (χ4v) is 1.54. The molecule has 0 bridgehead atoms. The minimum Gasteiger partial charge on any atom is -0.363 e. The number of aliphatic imine (C=N–C) groups is 1. The highest BCUT2D eigenvalue weighted by atomic mass is 127. The van der Waals surface area contributed by atoms with Crippen LogP contribution in [0.25, 0.3) is 0 Å². The molecule has 0 atom stereocenters. The normalized spacial score (nSPS) is 11.6. The second kappa shape index (κ2) is 9.70. The minimum atomic E-state index is -4.17. The van der Waals surface area contributed by atoms with Gasteiger partial charge in [-0.3, -0.25) is 4.99 Å². The molecule has 1 heterocycles. The molecule has 0 aromatic carbocycles. The second-order valence-electron chi connectivity index (χ2n) is 4.63. The molecule has 0 radical (unpaired) electrons. The molecule has 0 saturated carbocycles. The SMILES string of the molecule is CN=C(NCCC(F)(F)F)NCc1ccnc(N(C)C)c1.I. The summed E-state index contributed by atoms with van der Waals surface area (Å²) >= 11 is 0. The summed E-state index contributed by atoms with van der Waals surface area (Å²) < 4.78 is 36.2. The number of hydrogen-bond donors (Lipinski definition) is 2. The van der Waals surface area contributed by atoms with Crippen LogP contribution in [0.4, 0.5) is 19.0 Å². The molecule has 0 fully saturated rings. The zero-order valence-electron chi connectivity index (χ0n) is 12.7. The van der Waals surface area contributed by atoms with Crippen LogP contribution in [-0.4, -0.2) is 44.8 Å². The van der Waals surface area contributed by atoms with Crippen molar-refractivity contribution in [2.75, 3.05) is 32.6 Å². The largest absolute Gasteiger partial charge is 0.390 e. The van der Waals surface area contributed by atoms with Gasteiger partial charge < -0.3 is 15.5 Å². The Balaban J connectivity index is 0.00000441. The fourth-order valence-electron chi connectivity index (χ4n) is 1.54. The third kappa shape index (κ3) is 8.25. The number of guanidine groups is 1. The molecule has 9 heteroatoms. The van der Waals surface area contributed by atoms with E-state index in [2.05, 4.69) is 20.6 Å². The number of aromatic nitrogens is 1. The van der Waals surface area contributed by atoms with Crippen molar-refractivity contribution in [2.45, 2.75) is 19.1 Å². The van der Waals surface area contributed by atoms with E-state index in [-0.39, 0.29) is 30.5 Å². The van der Waals surface area contributed by atoms with Gasteiger partial charge in [0.05, 0.1) is 6.42 Å². The van der Waals surface area contributed by atoms with Crippen molar-refractivity contribution in [3.05, 3.63) is 23.9 Å². The van der Waals surface area contributed by atoms with E-state index in [1.807, 2.05) is 31.1 Å². The average Bonchev–Trinajstić information content (AvgIpc) is 2.41. The molecular formula is C13H21F3IN5. The van der Waals surface area contributed by atoms with Gasteiger partial charge in [0.2, 0.25) is 0 Å². The molecule has 0 aliphatic carbocycles. The summed E-state index contributed by atoms with van der Waals surface area (Å²) in [5.41, 5.74) is 0.965. The maximum Gasteiger partial charge on any atom is 0.390 e. The van der Waals surface area contributed by atoms with E-state index in [0.29, 0.717) is 12.5 Å². The van der Waals surface area contributed by atoms with Crippen molar-refractivity contribution in [2.24, 2.45) is 4.99 Å². The van der Waals surface area contributed by atoms with E-state index in [1.54, 1.807) is 6.20 Å². The van der Waals surface area contributed by atoms with Crippen LogP contribution in [0.3, 0.4) is 0 Å². The Morgan fingerprint density at radius 1 is 1.32 bits per heavy atom. The molecular weight excluding hydrogens is 410 g/mol. The summed E-state index contributed by atoms with van der Waals surface area (Å²) in [4.78, 5) is 9.95. The first-order chi connectivity index (χ1) is 9.81. The molecule has 0 amide bonds. The molecule has 1 aromatic rings. The Hall–Kier alpha value is -1.26. The summed E-state index contributed by atoms with van der Waals surface area (Å²) in [6.45, 7) is 0.248. The molecule has 2 N–H and O–H groups in total. The molecule has 5 nitrogen and oxygen atoms in total. The summed E-state index contributed by atoms with van der Waals surface area (Å²) in [5, 5.41) is 5.59. The van der Waals surface area contributed by atoms with Crippen LogP contribution in [-0.2, 0) is 6.54 Å². The number of hydrogen-bond acceptors (Lipinski definition) is 3. The number of halogens is 4. The number of alkyl halides is 3. The predicted octanol–water partition coefficient (Wildman–Crippen LogP) is 2.38. The van der Waals surface area contributed by atoms with Crippen LogP contribution in [0, 0.1) is 0 Å². The predicted molar refractivity (Wildman–Crippen MR) is 92.9 cm³/mol. The Labute approximate surface area is 145 Å². The van der Waals surface area contributed by atoms with Crippen molar-refractivity contribution < 1.29 is 13.2 Å². The van der Waals surface area contributed by atoms with Gasteiger partial charge in [-0.15, -0.1) is 24.0 Å². The first-order valence-corrected chi connectivity index (χ1v) is 6.45. The number of rotatable bonds is 5. The lowest BCUT2D eigenvalue weighted by molar-refractivity contribution is -0.132. The van der Waals surface area contributed by atoms with Gasteiger partial charge in [0.15, 0.2) is 5.96 Å². The first kappa shape index (κ1) is 20.7. The monoisotopic (exact) mass is 431 g/mol. The fraction of sp³-hybridized carbons (Fsp3) is 0.538. The highest BCUT2D eigenvalue weighted by Gasteiger charge is 2.26. The highest BCUT2D eigenvalue weighted by molar-refractivity contribution is 14.0. The van der Waals surface area contributed by atoms with Gasteiger partial charge in [-0.05, 0) is 17.7 Å². The van der Waals surface area contributed by atoms with E-state index in [1.165, 1.54) is 7.05 Å². The first-order valence-electron chi connectivity index (χ1n) is 6.45. The molecule has 0 unspecified atom stereocenters. The van der Waals surface area contributed by atoms with Crippen molar-refractivity contribution in [3.63, 3.8) is 0 Å². The molecule has 0 saturated heterocycles. The Kier molecular flexibility index (Phi) is 9.14. The summed E-state index contributed by atoms with van der Waals surface area (Å²) in [6.07, 6.45) is -3.38. The van der Waals surface area contributed by atoms with E-state index in [0.717, 1.165) is 11.4 Å². The van der Waals surface area contributed by atoms with Gasteiger partial charge in [0.25, 0.3) is 0 Å². The van der Waals surface area contributed by atoms with E-state index >= 15 is 0 Å². The van der Waals surface area contributed by atoms with Crippen molar-refractivity contribution >= 4 is 35.8 Å². The molecule has 22 heavy (non-hydrogen) atoms. The lowest BCUT2D eigenvalue weighted by Gasteiger charge is -2.15. The lowest BCUT2D eigenvalue weighted by Crippen LogP contribution is -2.38. The number of nitrogens with one attached hydrogen (secondary N) is 2. The average molecular weight is 431 g/mol. The Morgan fingerprint density at radius 2 is 2.00 bits per heavy atom. The molecule has 1 aromatic heterocycles. The van der Waals surface area contributed by atoms with Crippen LogP contribution in [0.1, 0.15) is 12.0 Å². The quantitative estimate of drug-likeness (QED) is 0.427. The Bertz CT molecular complexity index is 477. The van der Waals surface area contributed by atoms with Gasteiger partial charge in [0.1, 0.15) is 5.82 Å². The zero-order valence-corrected chi connectivity index (χ0v) is 15.1. The van der Waals surface area contributed by atoms with Crippen molar-refractivity contribution in [1.29, 1.82) is 0 Å². The van der Waals surface area contributed by atoms with Crippen LogP contribution in [0.5, 0.6) is 0 Å². The summed E-state index contributed by atoms with van der Waals surface area (Å²) in [6, 6.07) is 3.74. The van der Waals surface area contributed by atoms with Gasteiger partial charge in [-0.1, -0.05) is 0 Å². The van der Waals surface area contributed by atoms with Gasteiger partial charge in [-0.25, -0.2) is 4.98 Å². The highest BCUT2D eigenvalue weighted by Crippen LogP contribution is 2.18. The summed E-state index contributed by atoms with van der Waals surface area (Å²) in [7, 11) is 5.29. The van der Waals surface area contributed by atoms with E-state index in [4.69, 9.17) is 0 Å². The number of anilines is 1. The van der Waals surface area contributed by atoms with Gasteiger partial charge in [0, 0.05) is 40.4 Å². The molecule has 126 valence electrons. The van der Waals surface area contributed by atoms with Crippen molar-refractivity contribution in [3.8, 4) is 0 Å². The van der Waals surface area contributed by atoms with E-state index in [9.17, 15) is 13.2 Å². The molecule has 0 aliphatic rings. The number of pyridine rings is 1. The van der Waals surface area contributed by atoms with Crippen LogP contribution in [0.2, 0.25) is 0 Å². The van der Waals surface area contributed by atoms with Crippen LogP contribution in [0.15, 0.2) is 23.3 Å². The number of nitrogens with zero attached hydrogens (tertiary/aromatic N) is 3. The maximum absolute atomic E-state index is 12.1. The molecule has 0 spiro atoms. The molecule has 0 aliphatic heterocycles. The third-order valence-electron chi connectivity index (χ3n) is 2.65. The van der Waals surface area contributed by atoms with Crippen molar-refractivity contribution in [1.82, 2.24) is 15.6 Å².